The fourth-order valence-corrected chi connectivity index (χ4v) is 1.44. The molecule has 0 aliphatic carbocycles. The summed E-state index contributed by atoms with van der Waals surface area (Å²) in [5.41, 5.74) is 2.80. The largest absolute Gasteiger partial charge is 0.0856 e. The summed E-state index contributed by atoms with van der Waals surface area (Å²) in [5, 5.41) is 0. The molecule has 0 fully saturated rings. The Hall–Kier alpha value is -0.560. The van der Waals surface area contributed by atoms with Gasteiger partial charge in [-0.25, -0.2) is 0 Å². The minimum absolute atomic E-state index is 1.14. The Morgan fingerprint density at radius 1 is 1.23 bits per heavy atom. The van der Waals surface area contributed by atoms with E-state index < -0.39 is 0 Å². The van der Waals surface area contributed by atoms with Crippen molar-refractivity contribution in [1.82, 2.24) is 0 Å². The third-order valence-electron chi connectivity index (χ3n) is 1.90. The van der Waals surface area contributed by atoms with Gasteiger partial charge in [0, 0.05) is 4.47 Å². The summed E-state index contributed by atoms with van der Waals surface area (Å²) in [6.07, 6.45) is 4.56. The normalized spacial score (nSPS) is 9.77. The number of aryl methyl sites for hydroxylation is 1. The molecule has 0 unspecified atom stereocenters. The lowest BCUT2D eigenvalue weighted by Crippen LogP contribution is -1.82. The monoisotopic (exact) mass is 238 g/mol. The first-order valence-corrected chi connectivity index (χ1v) is 5.35. The molecule has 70 valence electrons. The highest BCUT2D eigenvalue weighted by Gasteiger charge is 1.91. The molecule has 1 rings (SSSR count). The van der Waals surface area contributed by atoms with Gasteiger partial charge in [0.05, 0.1) is 0 Å². The van der Waals surface area contributed by atoms with Gasteiger partial charge in [0.1, 0.15) is 0 Å². The van der Waals surface area contributed by atoms with Crippen molar-refractivity contribution in [3.63, 3.8) is 0 Å². The van der Waals surface area contributed by atoms with E-state index in [1.165, 1.54) is 11.1 Å². The van der Waals surface area contributed by atoms with Gasteiger partial charge < -0.3 is 0 Å². The number of halogens is 1. The predicted octanol–water partition coefficient (Wildman–Crippen LogP) is 4.35. The average Bonchev–Trinajstić information content (AvgIpc) is 2.08. The Labute approximate surface area is 88.8 Å². The molecule has 0 spiro atoms. The molecule has 1 aromatic rings. The maximum absolute atomic E-state index is 3.42. The molecule has 0 saturated heterocycles. The maximum Gasteiger partial charge on any atom is 0.0175 e. The van der Waals surface area contributed by atoms with Crippen LogP contribution in [-0.2, 0) is 6.42 Å². The molecule has 0 heterocycles. The van der Waals surface area contributed by atoms with Crippen molar-refractivity contribution in [3.8, 4) is 0 Å². The van der Waals surface area contributed by atoms with Crippen molar-refractivity contribution in [2.45, 2.75) is 26.7 Å². The van der Waals surface area contributed by atoms with Crippen LogP contribution in [0.25, 0.3) is 0 Å². The molecule has 0 aliphatic rings. The molecule has 1 heteroatoms. The van der Waals surface area contributed by atoms with Gasteiger partial charge in [-0.3, -0.25) is 0 Å². The third kappa shape index (κ3) is 4.28. The zero-order valence-electron chi connectivity index (χ0n) is 8.18. The van der Waals surface area contributed by atoms with Gasteiger partial charge >= 0.3 is 0 Å². The summed E-state index contributed by atoms with van der Waals surface area (Å²) >= 11 is 3.42. The van der Waals surface area contributed by atoms with Crippen molar-refractivity contribution < 1.29 is 0 Å². The van der Waals surface area contributed by atoms with E-state index in [0.717, 1.165) is 17.3 Å². The van der Waals surface area contributed by atoms with Crippen LogP contribution in [0.4, 0.5) is 0 Å². The zero-order valence-corrected chi connectivity index (χ0v) is 9.76. The third-order valence-corrected chi connectivity index (χ3v) is 2.43. The summed E-state index contributed by atoms with van der Waals surface area (Å²) in [4.78, 5) is 0. The Morgan fingerprint density at radius 3 is 2.38 bits per heavy atom. The first kappa shape index (κ1) is 10.5. The fraction of sp³-hybridized carbons (Fsp3) is 0.333. The molecule has 1 aromatic carbocycles. The molecule has 0 aromatic heterocycles. The fourth-order valence-electron chi connectivity index (χ4n) is 1.18. The molecular formula is C12H15Br. The quantitative estimate of drug-likeness (QED) is 0.688. The van der Waals surface area contributed by atoms with Crippen molar-refractivity contribution >= 4 is 15.9 Å². The van der Waals surface area contributed by atoms with Crippen molar-refractivity contribution in [3.05, 3.63) is 46.0 Å². The molecule has 0 radical (unpaired) electrons. The summed E-state index contributed by atoms with van der Waals surface area (Å²) < 4.78 is 1.15. The van der Waals surface area contributed by atoms with Crippen molar-refractivity contribution in [1.29, 1.82) is 0 Å². The Bertz CT molecular complexity index is 278. The Kier molecular flexibility index (Phi) is 4.23. The van der Waals surface area contributed by atoms with Crippen LogP contribution < -0.4 is 0 Å². The molecule has 13 heavy (non-hydrogen) atoms. The minimum Gasteiger partial charge on any atom is -0.0856 e. The number of hydrogen-bond acceptors (Lipinski definition) is 0. The number of rotatable bonds is 3. The smallest absolute Gasteiger partial charge is 0.0175 e. The molecule has 0 bridgehead atoms. The lowest BCUT2D eigenvalue weighted by Gasteiger charge is -1.98. The van der Waals surface area contributed by atoms with E-state index in [2.05, 4.69) is 60.1 Å². The Balaban J connectivity index is 2.46. The molecular weight excluding hydrogens is 224 g/mol. The van der Waals surface area contributed by atoms with Crippen LogP contribution in [0, 0.1) is 0 Å². The van der Waals surface area contributed by atoms with Crippen molar-refractivity contribution in [2.75, 3.05) is 0 Å². The van der Waals surface area contributed by atoms with Crippen molar-refractivity contribution in [2.24, 2.45) is 0 Å². The van der Waals surface area contributed by atoms with Gasteiger partial charge in [0.2, 0.25) is 0 Å². The second-order valence-corrected chi connectivity index (χ2v) is 4.36. The van der Waals surface area contributed by atoms with Gasteiger partial charge in [0.25, 0.3) is 0 Å². The highest BCUT2D eigenvalue weighted by Crippen LogP contribution is 2.12. The number of allylic oxidation sites excluding steroid dienone is 2. The Morgan fingerprint density at radius 2 is 1.85 bits per heavy atom. The van der Waals surface area contributed by atoms with Gasteiger partial charge in [0.15, 0.2) is 0 Å². The SMILES string of the molecule is CC(C)=CCCc1ccc(Br)cc1. The van der Waals surface area contributed by atoms with E-state index in [0.29, 0.717) is 0 Å². The van der Waals surface area contributed by atoms with Gasteiger partial charge in [-0.2, -0.15) is 0 Å². The molecule has 0 amide bonds. The highest BCUT2D eigenvalue weighted by atomic mass is 79.9. The van der Waals surface area contributed by atoms with E-state index in [1.54, 1.807) is 0 Å². The summed E-state index contributed by atoms with van der Waals surface area (Å²) in [5.74, 6) is 0. The first-order chi connectivity index (χ1) is 6.18. The van der Waals surface area contributed by atoms with Crippen LogP contribution in [-0.4, -0.2) is 0 Å². The number of hydrogen-bond donors (Lipinski definition) is 0. The van der Waals surface area contributed by atoms with Gasteiger partial charge in [-0.15, -0.1) is 0 Å². The second kappa shape index (κ2) is 5.23. The minimum atomic E-state index is 1.14. The molecule has 0 saturated carbocycles. The lowest BCUT2D eigenvalue weighted by molar-refractivity contribution is 0.988. The van der Waals surface area contributed by atoms with Crippen LogP contribution in [0.1, 0.15) is 25.8 Å². The van der Waals surface area contributed by atoms with E-state index in [1.807, 2.05) is 0 Å². The topological polar surface area (TPSA) is 0 Å². The van der Waals surface area contributed by atoms with Gasteiger partial charge in [-0.05, 0) is 44.4 Å². The lowest BCUT2D eigenvalue weighted by atomic mass is 10.1. The van der Waals surface area contributed by atoms with Gasteiger partial charge in [-0.1, -0.05) is 39.7 Å². The molecule has 0 N–H and O–H groups in total. The number of benzene rings is 1. The van der Waals surface area contributed by atoms with Crippen LogP contribution in [0.2, 0.25) is 0 Å². The second-order valence-electron chi connectivity index (χ2n) is 3.45. The van der Waals surface area contributed by atoms with Crippen LogP contribution in [0.3, 0.4) is 0 Å². The van der Waals surface area contributed by atoms with E-state index >= 15 is 0 Å². The zero-order chi connectivity index (χ0) is 9.68. The van der Waals surface area contributed by atoms with Crippen LogP contribution in [0.5, 0.6) is 0 Å². The van der Waals surface area contributed by atoms with E-state index in [4.69, 9.17) is 0 Å². The molecule has 0 atom stereocenters. The molecule has 0 nitrogen and oxygen atoms in total. The van der Waals surface area contributed by atoms with Crippen LogP contribution >= 0.6 is 15.9 Å². The van der Waals surface area contributed by atoms with E-state index in [9.17, 15) is 0 Å². The van der Waals surface area contributed by atoms with E-state index in [-0.39, 0.29) is 0 Å². The van der Waals surface area contributed by atoms with Crippen LogP contribution in [0.15, 0.2) is 40.4 Å². The highest BCUT2D eigenvalue weighted by molar-refractivity contribution is 9.10. The molecule has 0 aliphatic heterocycles. The predicted molar refractivity (Wildman–Crippen MR) is 61.9 cm³/mol. The summed E-state index contributed by atoms with van der Waals surface area (Å²) in [6.45, 7) is 4.28. The summed E-state index contributed by atoms with van der Waals surface area (Å²) in [7, 11) is 0. The summed E-state index contributed by atoms with van der Waals surface area (Å²) in [6, 6.07) is 8.53. The average molecular weight is 239 g/mol. The standard InChI is InChI=1S/C12H15Br/c1-10(2)4-3-5-11-6-8-12(13)9-7-11/h4,6-9H,3,5H2,1-2H3. The maximum atomic E-state index is 3.42. The first-order valence-electron chi connectivity index (χ1n) is 4.56.